The van der Waals surface area contributed by atoms with E-state index < -0.39 is 19.7 Å². The van der Waals surface area contributed by atoms with Crippen LogP contribution in [0, 0.1) is 0 Å². The van der Waals surface area contributed by atoms with E-state index in [-0.39, 0.29) is 25.6 Å². The van der Waals surface area contributed by atoms with Crippen LogP contribution in [0.25, 0.3) is 0 Å². The molecule has 138 valence electrons. The van der Waals surface area contributed by atoms with Crippen LogP contribution in [0.1, 0.15) is 25.7 Å². The Labute approximate surface area is 155 Å². The predicted molar refractivity (Wildman–Crippen MR) is 99.7 cm³/mol. The summed E-state index contributed by atoms with van der Waals surface area (Å²) in [5.41, 5.74) is 1.93. The summed E-state index contributed by atoms with van der Waals surface area (Å²) < 4.78 is 11.8. The number of hydrogen-bond acceptors (Lipinski definition) is 8. The van der Waals surface area contributed by atoms with Gasteiger partial charge in [0.1, 0.15) is 11.2 Å². The van der Waals surface area contributed by atoms with Gasteiger partial charge >= 0.3 is 13.8 Å². The van der Waals surface area contributed by atoms with E-state index in [4.69, 9.17) is 5.11 Å². The maximum absolute atomic E-state index is 11.8. The summed E-state index contributed by atoms with van der Waals surface area (Å²) in [7, 11) is 1.90. The molecule has 25 heavy (non-hydrogen) atoms. The summed E-state index contributed by atoms with van der Waals surface area (Å²) in [4.78, 5) is 31.1. The van der Waals surface area contributed by atoms with Crippen LogP contribution in [0.2, 0.25) is 0 Å². The van der Waals surface area contributed by atoms with Gasteiger partial charge in [-0.2, -0.15) is 5.48 Å². The number of carbonyl (C=O) groups is 2. The molecule has 0 spiro atoms. The number of pyridine rings is 1. The Balaban J connectivity index is 1.98. The van der Waals surface area contributed by atoms with Crippen molar-refractivity contribution in [1.29, 1.82) is 0 Å². The lowest BCUT2D eigenvalue weighted by Crippen LogP contribution is -2.27. The number of aromatic nitrogens is 1. The highest BCUT2D eigenvalue weighted by molar-refractivity contribution is 8.76. The molecule has 1 aromatic rings. The quantitative estimate of drug-likeness (QED) is 0.237. The number of aliphatic hydroxyl groups is 1. The molecule has 1 amide bonds. The summed E-state index contributed by atoms with van der Waals surface area (Å²) in [6.07, 6.45) is 4.25. The fourth-order valence-corrected chi connectivity index (χ4v) is 4.85. The zero-order valence-electron chi connectivity index (χ0n) is 13.8. The molecule has 7 nitrogen and oxygen atoms in total. The Morgan fingerprint density at radius 2 is 2.08 bits per heavy atom. The zero-order valence-corrected chi connectivity index (χ0v) is 16.3. The number of unbranched alkanes of at least 4 members (excludes halogenated alkanes) is 1. The van der Waals surface area contributed by atoms with Crippen LogP contribution in [0.3, 0.4) is 0 Å². The van der Waals surface area contributed by atoms with Crippen LogP contribution in [-0.4, -0.2) is 46.7 Å². The second kappa shape index (κ2) is 14.1. The maximum Gasteiger partial charge on any atom is 0.339 e. The summed E-state index contributed by atoms with van der Waals surface area (Å²) in [6, 6.07) is 5.79. The smallest absolute Gasteiger partial charge is 0.339 e. The molecule has 0 aliphatic heterocycles. The molecule has 0 radical (unpaired) electrons. The minimum absolute atomic E-state index is 0.00110. The van der Waals surface area contributed by atoms with Gasteiger partial charge in [-0.1, -0.05) is 21.4 Å². The fraction of sp³-hybridized carbons (Fsp3) is 0.533. The SMILES string of the molecule is O=C(CCO)NOC(=O)CC[P+](=O)CCCCSSc1ccccn1. The van der Waals surface area contributed by atoms with Crippen molar-refractivity contribution in [1.82, 2.24) is 10.5 Å². The van der Waals surface area contributed by atoms with E-state index in [2.05, 4.69) is 9.82 Å². The first-order valence-corrected chi connectivity index (χ1v) is 11.8. The molecular formula is C15H22N2O5PS2+. The predicted octanol–water partition coefficient (Wildman–Crippen LogP) is 2.78. The summed E-state index contributed by atoms with van der Waals surface area (Å²) in [5, 5.41) is 9.50. The van der Waals surface area contributed by atoms with E-state index in [0.29, 0.717) is 6.16 Å². The minimum atomic E-state index is -1.44. The van der Waals surface area contributed by atoms with Crippen LogP contribution in [0.4, 0.5) is 0 Å². The summed E-state index contributed by atoms with van der Waals surface area (Å²) in [5.74, 6) is -0.248. The van der Waals surface area contributed by atoms with Gasteiger partial charge in [-0.05, 0) is 35.8 Å². The monoisotopic (exact) mass is 405 g/mol. The van der Waals surface area contributed by atoms with Crippen LogP contribution in [-0.2, 0) is 19.0 Å². The van der Waals surface area contributed by atoms with Gasteiger partial charge in [-0.3, -0.25) is 4.79 Å². The Morgan fingerprint density at radius 1 is 1.24 bits per heavy atom. The minimum Gasteiger partial charge on any atom is -0.396 e. The summed E-state index contributed by atoms with van der Waals surface area (Å²) >= 11 is 0. The second-order valence-electron chi connectivity index (χ2n) is 4.93. The highest BCUT2D eigenvalue weighted by Gasteiger charge is 2.18. The molecule has 0 fully saturated rings. The van der Waals surface area contributed by atoms with Crippen molar-refractivity contribution in [2.75, 3.05) is 24.7 Å². The van der Waals surface area contributed by atoms with E-state index >= 15 is 0 Å². The second-order valence-corrected chi connectivity index (χ2v) is 9.23. The lowest BCUT2D eigenvalue weighted by atomic mass is 10.4. The van der Waals surface area contributed by atoms with Crippen LogP contribution >= 0.6 is 29.4 Å². The van der Waals surface area contributed by atoms with Crippen molar-refractivity contribution in [3.8, 4) is 0 Å². The topological polar surface area (TPSA) is 106 Å². The Hall–Kier alpha value is -1.15. The van der Waals surface area contributed by atoms with E-state index in [1.165, 1.54) is 0 Å². The first-order valence-electron chi connectivity index (χ1n) is 7.83. The third-order valence-electron chi connectivity index (χ3n) is 2.85. The Kier molecular flexibility index (Phi) is 12.3. The molecule has 1 atom stereocenters. The van der Waals surface area contributed by atoms with Crippen LogP contribution < -0.4 is 5.48 Å². The average molecular weight is 405 g/mol. The number of nitrogens with one attached hydrogen (secondary N) is 1. The van der Waals surface area contributed by atoms with Gasteiger partial charge in [0.15, 0.2) is 6.16 Å². The molecular weight excluding hydrogens is 383 g/mol. The maximum atomic E-state index is 11.8. The third kappa shape index (κ3) is 11.9. The molecule has 0 bridgehead atoms. The average Bonchev–Trinajstić information content (AvgIpc) is 2.62. The standard InChI is InChI=1S/C15H21N2O5PS2/c18-9-6-13(19)17-22-15(20)7-11-23(21)10-3-4-12-24-25-14-5-1-2-8-16-14/h1-2,5,8,18H,3-4,6-7,9-12H2/p+1. The molecule has 1 unspecified atom stereocenters. The van der Waals surface area contributed by atoms with Gasteiger partial charge in [0.05, 0.1) is 19.4 Å². The fourth-order valence-electron chi connectivity index (χ4n) is 1.59. The molecule has 0 aromatic carbocycles. The van der Waals surface area contributed by atoms with Gasteiger partial charge in [-0.25, -0.2) is 9.78 Å². The van der Waals surface area contributed by atoms with Gasteiger partial charge < -0.3 is 9.94 Å². The van der Waals surface area contributed by atoms with Gasteiger partial charge in [-0.15, -0.1) is 0 Å². The molecule has 10 heteroatoms. The molecule has 0 saturated carbocycles. The van der Waals surface area contributed by atoms with Gasteiger partial charge in [0, 0.05) is 11.9 Å². The summed E-state index contributed by atoms with van der Waals surface area (Å²) in [6.45, 7) is -0.312. The molecule has 1 aromatic heterocycles. The largest absolute Gasteiger partial charge is 0.396 e. The lowest BCUT2D eigenvalue weighted by molar-refractivity contribution is -0.158. The molecule has 1 heterocycles. The Bertz CT molecular complexity index is 548. The highest BCUT2D eigenvalue weighted by atomic mass is 33.1. The van der Waals surface area contributed by atoms with E-state index in [1.54, 1.807) is 27.8 Å². The van der Waals surface area contributed by atoms with Crippen molar-refractivity contribution in [3.63, 3.8) is 0 Å². The molecule has 1 rings (SSSR count). The molecule has 0 aliphatic carbocycles. The van der Waals surface area contributed by atoms with Crippen molar-refractivity contribution < 1.29 is 24.1 Å². The van der Waals surface area contributed by atoms with Crippen molar-refractivity contribution >= 4 is 41.3 Å². The van der Waals surface area contributed by atoms with E-state index in [0.717, 1.165) is 23.6 Å². The van der Waals surface area contributed by atoms with Gasteiger partial charge in [0.2, 0.25) is 0 Å². The van der Waals surface area contributed by atoms with Gasteiger partial charge in [0.25, 0.3) is 5.91 Å². The van der Waals surface area contributed by atoms with E-state index in [9.17, 15) is 14.2 Å². The number of amides is 1. The number of hydrogen-bond donors (Lipinski definition) is 2. The zero-order chi connectivity index (χ0) is 18.3. The van der Waals surface area contributed by atoms with Crippen LogP contribution in [0.15, 0.2) is 29.4 Å². The third-order valence-corrected chi connectivity index (χ3v) is 6.74. The molecule has 0 saturated heterocycles. The Morgan fingerprint density at radius 3 is 2.80 bits per heavy atom. The molecule has 0 aliphatic rings. The number of aliphatic hydroxyl groups excluding tert-OH is 1. The van der Waals surface area contributed by atoms with Crippen molar-refractivity contribution in [3.05, 3.63) is 24.4 Å². The number of rotatable bonds is 12. The van der Waals surface area contributed by atoms with Crippen molar-refractivity contribution in [2.24, 2.45) is 0 Å². The number of carbonyl (C=O) groups excluding carboxylic acids is 2. The van der Waals surface area contributed by atoms with Crippen molar-refractivity contribution in [2.45, 2.75) is 30.7 Å². The normalized spacial score (nSPS) is 11.0. The van der Waals surface area contributed by atoms with E-state index in [1.807, 2.05) is 23.7 Å². The molecule has 2 N–H and O–H groups in total. The lowest BCUT2D eigenvalue weighted by Gasteiger charge is -2.02. The number of hydroxylamine groups is 1. The van der Waals surface area contributed by atoms with Crippen LogP contribution in [0.5, 0.6) is 0 Å². The first kappa shape index (κ1) is 21.9. The first-order chi connectivity index (χ1) is 12.1. The highest BCUT2D eigenvalue weighted by Crippen LogP contribution is 2.30. The number of nitrogens with zero attached hydrogens (tertiary/aromatic N) is 1.